The SMILES string of the molecule is CC(=O)CCCSCCOC(C)=O. The van der Waals surface area contributed by atoms with Gasteiger partial charge in [0.25, 0.3) is 0 Å². The van der Waals surface area contributed by atoms with Gasteiger partial charge in [0.05, 0.1) is 0 Å². The van der Waals surface area contributed by atoms with E-state index in [1.807, 2.05) is 0 Å². The standard InChI is InChI=1S/C9H16O3S/c1-8(10)4-3-6-13-7-5-12-9(2)11/h3-7H2,1-2H3. The van der Waals surface area contributed by atoms with Crippen LogP contribution >= 0.6 is 11.8 Å². The van der Waals surface area contributed by atoms with Crippen molar-refractivity contribution in [1.29, 1.82) is 0 Å². The lowest BCUT2D eigenvalue weighted by molar-refractivity contribution is -0.140. The number of ether oxygens (including phenoxy) is 1. The number of ketones is 1. The molecule has 0 aliphatic carbocycles. The number of thioether (sulfide) groups is 1. The van der Waals surface area contributed by atoms with Crippen molar-refractivity contribution in [2.45, 2.75) is 26.7 Å². The zero-order valence-corrected chi connectivity index (χ0v) is 8.99. The van der Waals surface area contributed by atoms with Gasteiger partial charge in [0.2, 0.25) is 0 Å². The number of hydrogen-bond acceptors (Lipinski definition) is 4. The van der Waals surface area contributed by atoms with E-state index in [4.69, 9.17) is 4.74 Å². The highest BCUT2D eigenvalue weighted by Crippen LogP contribution is 2.04. The highest BCUT2D eigenvalue weighted by atomic mass is 32.2. The number of rotatable bonds is 7. The summed E-state index contributed by atoms with van der Waals surface area (Å²) in [6, 6.07) is 0. The molecule has 0 saturated heterocycles. The van der Waals surface area contributed by atoms with Crippen molar-refractivity contribution in [2.24, 2.45) is 0 Å². The number of carbonyl (C=O) groups excluding carboxylic acids is 2. The van der Waals surface area contributed by atoms with Crippen LogP contribution in [0.15, 0.2) is 0 Å². The van der Waals surface area contributed by atoms with Gasteiger partial charge in [-0.3, -0.25) is 4.79 Å². The van der Waals surface area contributed by atoms with Crippen LogP contribution in [0.25, 0.3) is 0 Å². The normalized spacial score (nSPS) is 9.69. The molecular weight excluding hydrogens is 188 g/mol. The molecule has 0 aromatic heterocycles. The van der Waals surface area contributed by atoms with Gasteiger partial charge in [-0.2, -0.15) is 11.8 Å². The zero-order chi connectivity index (χ0) is 10.1. The van der Waals surface area contributed by atoms with Crippen LogP contribution in [-0.2, 0) is 14.3 Å². The Morgan fingerprint density at radius 2 is 1.92 bits per heavy atom. The second kappa shape index (κ2) is 8.10. The highest BCUT2D eigenvalue weighted by molar-refractivity contribution is 7.99. The minimum Gasteiger partial charge on any atom is -0.465 e. The molecule has 0 aliphatic rings. The van der Waals surface area contributed by atoms with Crippen molar-refractivity contribution >= 4 is 23.5 Å². The molecule has 0 atom stereocenters. The van der Waals surface area contributed by atoms with E-state index in [2.05, 4.69) is 0 Å². The molecule has 76 valence electrons. The first-order valence-corrected chi connectivity index (χ1v) is 5.49. The average molecular weight is 204 g/mol. The van der Waals surface area contributed by atoms with Crippen LogP contribution in [0, 0.1) is 0 Å². The predicted molar refractivity (Wildman–Crippen MR) is 53.9 cm³/mol. The van der Waals surface area contributed by atoms with Crippen molar-refractivity contribution in [3.63, 3.8) is 0 Å². The van der Waals surface area contributed by atoms with Gasteiger partial charge in [-0.05, 0) is 19.1 Å². The van der Waals surface area contributed by atoms with Gasteiger partial charge in [0, 0.05) is 19.1 Å². The van der Waals surface area contributed by atoms with Crippen LogP contribution in [-0.4, -0.2) is 29.9 Å². The van der Waals surface area contributed by atoms with E-state index < -0.39 is 0 Å². The van der Waals surface area contributed by atoms with E-state index in [-0.39, 0.29) is 11.8 Å². The van der Waals surface area contributed by atoms with Crippen LogP contribution in [0.2, 0.25) is 0 Å². The van der Waals surface area contributed by atoms with E-state index >= 15 is 0 Å². The molecule has 0 aromatic carbocycles. The van der Waals surface area contributed by atoms with E-state index in [0.717, 1.165) is 17.9 Å². The fourth-order valence-electron chi connectivity index (χ4n) is 0.770. The first kappa shape index (κ1) is 12.5. The Kier molecular flexibility index (Phi) is 7.79. The van der Waals surface area contributed by atoms with Crippen LogP contribution in [0.5, 0.6) is 0 Å². The molecule has 13 heavy (non-hydrogen) atoms. The molecule has 0 amide bonds. The molecule has 0 saturated carbocycles. The van der Waals surface area contributed by atoms with Gasteiger partial charge in [0.1, 0.15) is 12.4 Å². The van der Waals surface area contributed by atoms with Gasteiger partial charge in [-0.15, -0.1) is 0 Å². The van der Waals surface area contributed by atoms with Crippen molar-refractivity contribution in [3.05, 3.63) is 0 Å². The first-order valence-electron chi connectivity index (χ1n) is 4.33. The molecule has 3 nitrogen and oxygen atoms in total. The van der Waals surface area contributed by atoms with Crippen molar-refractivity contribution in [3.8, 4) is 0 Å². The number of carbonyl (C=O) groups is 2. The van der Waals surface area contributed by atoms with E-state index in [1.54, 1.807) is 18.7 Å². The second-order valence-corrected chi connectivity index (χ2v) is 3.98. The lowest BCUT2D eigenvalue weighted by Crippen LogP contribution is -2.03. The van der Waals surface area contributed by atoms with Crippen molar-refractivity contribution in [1.82, 2.24) is 0 Å². The topological polar surface area (TPSA) is 43.4 Å². The highest BCUT2D eigenvalue weighted by Gasteiger charge is 1.95. The third kappa shape index (κ3) is 11.5. The summed E-state index contributed by atoms with van der Waals surface area (Å²) in [5.74, 6) is 1.78. The molecule has 0 radical (unpaired) electrons. The summed E-state index contributed by atoms with van der Waals surface area (Å²) in [5, 5.41) is 0. The Bertz CT molecular complexity index is 150. The van der Waals surface area contributed by atoms with Gasteiger partial charge in [-0.1, -0.05) is 0 Å². The van der Waals surface area contributed by atoms with E-state index in [0.29, 0.717) is 13.0 Å². The Morgan fingerprint density at radius 1 is 1.23 bits per heavy atom. The summed E-state index contributed by atoms with van der Waals surface area (Å²) in [6.45, 7) is 3.48. The summed E-state index contributed by atoms with van der Waals surface area (Å²) in [5.41, 5.74) is 0. The third-order valence-corrected chi connectivity index (χ3v) is 2.38. The zero-order valence-electron chi connectivity index (χ0n) is 8.17. The van der Waals surface area contributed by atoms with Gasteiger partial charge in [0.15, 0.2) is 0 Å². The number of hydrogen-bond donors (Lipinski definition) is 0. The molecule has 0 bridgehead atoms. The van der Waals surface area contributed by atoms with E-state index in [1.165, 1.54) is 6.92 Å². The summed E-state index contributed by atoms with van der Waals surface area (Å²) >= 11 is 1.71. The quantitative estimate of drug-likeness (QED) is 0.467. The number of Topliss-reactive ketones (excluding diaryl/α,β-unsaturated/α-hetero) is 1. The monoisotopic (exact) mass is 204 g/mol. The summed E-state index contributed by atoms with van der Waals surface area (Å²) < 4.78 is 4.74. The van der Waals surface area contributed by atoms with Gasteiger partial charge >= 0.3 is 5.97 Å². The maximum absolute atomic E-state index is 10.5. The smallest absolute Gasteiger partial charge is 0.302 e. The largest absolute Gasteiger partial charge is 0.465 e. The molecule has 4 heteroatoms. The molecule has 0 heterocycles. The fraction of sp³-hybridized carbons (Fsp3) is 0.778. The maximum Gasteiger partial charge on any atom is 0.302 e. The van der Waals surface area contributed by atoms with Gasteiger partial charge < -0.3 is 9.53 Å². The summed E-state index contributed by atoms with van der Waals surface area (Å²) in [6.07, 6.45) is 1.57. The molecule has 0 N–H and O–H groups in total. The van der Waals surface area contributed by atoms with E-state index in [9.17, 15) is 9.59 Å². The van der Waals surface area contributed by atoms with Crippen LogP contribution in [0.1, 0.15) is 26.7 Å². The Morgan fingerprint density at radius 3 is 2.46 bits per heavy atom. The first-order chi connectivity index (χ1) is 6.13. The molecule has 0 aliphatic heterocycles. The minimum absolute atomic E-state index is 0.232. The Hall–Kier alpha value is -0.510. The molecule has 0 spiro atoms. The van der Waals surface area contributed by atoms with Crippen LogP contribution in [0.4, 0.5) is 0 Å². The second-order valence-electron chi connectivity index (χ2n) is 2.76. The third-order valence-electron chi connectivity index (χ3n) is 1.35. The fourth-order valence-corrected chi connectivity index (χ4v) is 1.52. The average Bonchev–Trinajstić information content (AvgIpc) is 2.01. The lowest BCUT2D eigenvalue weighted by atomic mass is 10.3. The van der Waals surface area contributed by atoms with Crippen LogP contribution < -0.4 is 0 Å². The maximum atomic E-state index is 10.5. The molecule has 0 aromatic rings. The minimum atomic E-state index is -0.232. The molecular formula is C9H16O3S. The van der Waals surface area contributed by atoms with Gasteiger partial charge in [-0.25, -0.2) is 0 Å². The van der Waals surface area contributed by atoms with Crippen molar-refractivity contribution < 1.29 is 14.3 Å². The van der Waals surface area contributed by atoms with Crippen LogP contribution in [0.3, 0.4) is 0 Å². The molecule has 0 unspecified atom stereocenters. The number of esters is 1. The predicted octanol–water partition coefficient (Wildman–Crippen LogP) is 1.65. The Labute approximate surface area is 83.2 Å². The molecule has 0 rings (SSSR count). The summed E-state index contributed by atoms with van der Waals surface area (Å²) in [7, 11) is 0. The van der Waals surface area contributed by atoms with Crippen molar-refractivity contribution in [2.75, 3.05) is 18.1 Å². The Balaban J connectivity index is 3.00. The molecule has 0 fully saturated rings. The lowest BCUT2D eigenvalue weighted by Gasteiger charge is -2.01. The summed E-state index contributed by atoms with van der Waals surface area (Å²) in [4.78, 5) is 20.9.